The average molecular weight is 216 g/mol. The highest BCUT2D eigenvalue weighted by atomic mass is 16.3. The Morgan fingerprint density at radius 1 is 1.31 bits per heavy atom. The Kier molecular flexibility index (Phi) is 3.09. The molecule has 0 N–H and O–H groups in total. The first-order chi connectivity index (χ1) is 7.69. The lowest BCUT2D eigenvalue weighted by Gasteiger charge is -2.04. The van der Waals surface area contributed by atoms with Crippen molar-refractivity contribution in [2.45, 2.75) is 26.7 Å². The molecule has 0 amide bonds. The van der Waals surface area contributed by atoms with Crippen LogP contribution < -0.4 is 0 Å². The maximum Gasteiger partial charge on any atom is 0.185 e. The van der Waals surface area contributed by atoms with Crippen LogP contribution >= 0.6 is 0 Å². The van der Waals surface area contributed by atoms with E-state index in [0.717, 1.165) is 23.7 Å². The second-order valence-corrected chi connectivity index (χ2v) is 4.57. The fraction of sp³-hybridized carbons (Fsp3) is 0.357. The van der Waals surface area contributed by atoms with Crippen LogP contribution in [-0.4, -0.2) is 6.29 Å². The van der Waals surface area contributed by atoms with Crippen molar-refractivity contribution in [1.82, 2.24) is 0 Å². The molecule has 2 rings (SSSR count). The highest BCUT2D eigenvalue weighted by Gasteiger charge is 2.04. The van der Waals surface area contributed by atoms with E-state index in [9.17, 15) is 4.79 Å². The topological polar surface area (TPSA) is 30.2 Å². The predicted molar refractivity (Wildman–Crippen MR) is 64.8 cm³/mol. The van der Waals surface area contributed by atoms with Crippen LogP contribution in [0, 0.1) is 5.92 Å². The van der Waals surface area contributed by atoms with Gasteiger partial charge in [-0.1, -0.05) is 26.0 Å². The van der Waals surface area contributed by atoms with Crippen molar-refractivity contribution in [3.8, 4) is 0 Å². The molecule has 0 radical (unpaired) electrons. The molecule has 1 aromatic carbocycles. The monoisotopic (exact) mass is 216 g/mol. The highest BCUT2D eigenvalue weighted by molar-refractivity contribution is 5.85. The van der Waals surface area contributed by atoms with Crippen LogP contribution in [0.4, 0.5) is 0 Å². The number of hydrogen-bond acceptors (Lipinski definition) is 2. The van der Waals surface area contributed by atoms with Gasteiger partial charge in [-0.15, -0.1) is 0 Å². The molecule has 0 fully saturated rings. The Morgan fingerprint density at radius 2 is 2.12 bits per heavy atom. The summed E-state index contributed by atoms with van der Waals surface area (Å²) in [4.78, 5) is 10.6. The Hall–Kier alpha value is -1.57. The third-order valence-electron chi connectivity index (χ3n) is 2.73. The lowest BCUT2D eigenvalue weighted by molar-refractivity contribution is 0.110. The Balaban J connectivity index is 2.25. The fourth-order valence-corrected chi connectivity index (χ4v) is 1.77. The van der Waals surface area contributed by atoms with Crippen molar-refractivity contribution in [1.29, 1.82) is 0 Å². The smallest absolute Gasteiger partial charge is 0.185 e. The van der Waals surface area contributed by atoms with Crippen LogP contribution in [0.15, 0.2) is 28.7 Å². The zero-order chi connectivity index (χ0) is 11.5. The largest absolute Gasteiger partial charge is 0.453 e. The second-order valence-electron chi connectivity index (χ2n) is 4.57. The van der Waals surface area contributed by atoms with Crippen LogP contribution in [-0.2, 0) is 6.42 Å². The van der Waals surface area contributed by atoms with Crippen LogP contribution in [0.5, 0.6) is 0 Å². The normalized spacial score (nSPS) is 11.2. The van der Waals surface area contributed by atoms with Crippen molar-refractivity contribution in [2.24, 2.45) is 5.92 Å². The van der Waals surface area contributed by atoms with Crippen molar-refractivity contribution < 1.29 is 9.21 Å². The average Bonchev–Trinajstić information content (AvgIpc) is 2.68. The van der Waals surface area contributed by atoms with Gasteiger partial charge in [-0.3, -0.25) is 4.79 Å². The fourth-order valence-electron chi connectivity index (χ4n) is 1.77. The zero-order valence-electron chi connectivity index (χ0n) is 9.69. The molecule has 0 aliphatic carbocycles. The molecule has 0 aliphatic heterocycles. The van der Waals surface area contributed by atoms with Gasteiger partial charge >= 0.3 is 0 Å². The Labute approximate surface area is 95.3 Å². The standard InChI is InChI=1S/C14H16O2/c1-10(2)3-4-11-5-6-12-8-13(9-15)16-14(12)7-11/h5-10H,3-4H2,1-2H3. The first-order valence-corrected chi connectivity index (χ1v) is 5.66. The summed E-state index contributed by atoms with van der Waals surface area (Å²) >= 11 is 0. The molecule has 0 unspecified atom stereocenters. The molecule has 1 heterocycles. The van der Waals surface area contributed by atoms with Gasteiger partial charge in [-0.2, -0.15) is 0 Å². The third-order valence-corrected chi connectivity index (χ3v) is 2.73. The van der Waals surface area contributed by atoms with Crippen molar-refractivity contribution in [2.75, 3.05) is 0 Å². The summed E-state index contributed by atoms with van der Waals surface area (Å²) in [5.41, 5.74) is 2.08. The van der Waals surface area contributed by atoms with Gasteiger partial charge in [-0.05, 0) is 36.5 Å². The lowest BCUT2D eigenvalue weighted by Crippen LogP contribution is -1.91. The van der Waals surface area contributed by atoms with Crippen molar-refractivity contribution in [3.05, 3.63) is 35.6 Å². The molecule has 0 atom stereocenters. The molecular weight excluding hydrogens is 200 g/mol. The highest BCUT2D eigenvalue weighted by Crippen LogP contribution is 2.21. The minimum absolute atomic E-state index is 0.399. The quantitative estimate of drug-likeness (QED) is 0.727. The minimum Gasteiger partial charge on any atom is -0.453 e. The van der Waals surface area contributed by atoms with Gasteiger partial charge < -0.3 is 4.42 Å². The molecule has 16 heavy (non-hydrogen) atoms. The summed E-state index contributed by atoms with van der Waals surface area (Å²) in [7, 11) is 0. The zero-order valence-corrected chi connectivity index (χ0v) is 9.69. The molecule has 84 valence electrons. The van der Waals surface area contributed by atoms with Gasteiger partial charge in [-0.25, -0.2) is 0 Å². The molecule has 0 saturated carbocycles. The van der Waals surface area contributed by atoms with E-state index in [1.807, 2.05) is 12.1 Å². The summed E-state index contributed by atoms with van der Waals surface area (Å²) < 4.78 is 5.40. The molecular formula is C14H16O2. The van der Waals surface area contributed by atoms with E-state index >= 15 is 0 Å². The third kappa shape index (κ3) is 2.32. The summed E-state index contributed by atoms with van der Waals surface area (Å²) in [6.07, 6.45) is 2.98. The van der Waals surface area contributed by atoms with Gasteiger partial charge in [0.25, 0.3) is 0 Å². The molecule has 2 nitrogen and oxygen atoms in total. The van der Waals surface area contributed by atoms with Crippen LogP contribution in [0.3, 0.4) is 0 Å². The first kappa shape index (κ1) is 10.9. The van der Waals surface area contributed by atoms with Gasteiger partial charge in [0.1, 0.15) is 5.58 Å². The molecule has 0 spiro atoms. The van der Waals surface area contributed by atoms with E-state index in [1.54, 1.807) is 6.07 Å². The summed E-state index contributed by atoms with van der Waals surface area (Å²) in [6, 6.07) is 7.93. The molecule has 0 bridgehead atoms. The molecule has 0 saturated heterocycles. The lowest BCUT2D eigenvalue weighted by atomic mass is 10.0. The van der Waals surface area contributed by atoms with E-state index in [2.05, 4.69) is 19.9 Å². The summed E-state index contributed by atoms with van der Waals surface area (Å²) in [6.45, 7) is 4.44. The number of aryl methyl sites for hydroxylation is 1. The maximum absolute atomic E-state index is 10.6. The van der Waals surface area contributed by atoms with Gasteiger partial charge in [0.2, 0.25) is 0 Å². The number of carbonyl (C=O) groups is 1. The summed E-state index contributed by atoms with van der Waals surface area (Å²) in [5, 5.41) is 0.996. The Morgan fingerprint density at radius 3 is 2.81 bits per heavy atom. The number of hydrogen-bond donors (Lipinski definition) is 0. The van der Waals surface area contributed by atoms with E-state index in [1.165, 1.54) is 12.0 Å². The molecule has 0 aliphatic rings. The van der Waals surface area contributed by atoms with Crippen LogP contribution in [0.2, 0.25) is 0 Å². The molecule has 1 aromatic heterocycles. The van der Waals surface area contributed by atoms with E-state index in [4.69, 9.17) is 4.42 Å². The number of aldehydes is 1. The van der Waals surface area contributed by atoms with Gasteiger partial charge in [0.15, 0.2) is 12.0 Å². The Bertz CT molecular complexity index is 494. The van der Waals surface area contributed by atoms with Crippen molar-refractivity contribution in [3.63, 3.8) is 0 Å². The van der Waals surface area contributed by atoms with Gasteiger partial charge in [0.05, 0.1) is 0 Å². The number of furan rings is 1. The van der Waals surface area contributed by atoms with E-state index in [0.29, 0.717) is 11.7 Å². The van der Waals surface area contributed by atoms with Gasteiger partial charge in [0, 0.05) is 5.39 Å². The maximum atomic E-state index is 10.6. The number of rotatable bonds is 4. The molecule has 2 aromatic rings. The summed E-state index contributed by atoms with van der Waals surface area (Å²) in [5.74, 6) is 1.11. The number of fused-ring (bicyclic) bond motifs is 1. The number of benzene rings is 1. The molecule has 2 heteroatoms. The second kappa shape index (κ2) is 4.52. The van der Waals surface area contributed by atoms with E-state index in [-0.39, 0.29) is 0 Å². The van der Waals surface area contributed by atoms with Crippen LogP contribution in [0.1, 0.15) is 36.4 Å². The first-order valence-electron chi connectivity index (χ1n) is 5.66. The number of carbonyl (C=O) groups excluding carboxylic acids is 1. The minimum atomic E-state index is 0.399. The SMILES string of the molecule is CC(C)CCc1ccc2cc(C=O)oc2c1. The van der Waals surface area contributed by atoms with Crippen LogP contribution in [0.25, 0.3) is 11.0 Å². The predicted octanol–water partition coefficient (Wildman–Crippen LogP) is 3.83. The van der Waals surface area contributed by atoms with E-state index < -0.39 is 0 Å². The van der Waals surface area contributed by atoms with Crippen molar-refractivity contribution >= 4 is 17.3 Å².